The second-order valence-electron chi connectivity index (χ2n) is 7.93. The smallest absolute Gasteiger partial charge is 0.408 e. The lowest BCUT2D eigenvalue weighted by atomic mass is 9.84. The number of benzene rings is 2. The van der Waals surface area contributed by atoms with Crippen LogP contribution >= 0.6 is 0 Å². The van der Waals surface area contributed by atoms with Crippen molar-refractivity contribution in [2.45, 2.75) is 52.2 Å². The lowest BCUT2D eigenvalue weighted by Crippen LogP contribution is -2.52. The van der Waals surface area contributed by atoms with E-state index in [1.54, 1.807) is 25.7 Å². The van der Waals surface area contributed by atoms with E-state index in [2.05, 4.69) is 5.32 Å². The van der Waals surface area contributed by atoms with E-state index in [9.17, 15) is 9.59 Å². The minimum absolute atomic E-state index is 0.126. The Morgan fingerprint density at radius 1 is 0.897 bits per heavy atom. The highest BCUT2D eigenvalue weighted by atomic mass is 16.6. The van der Waals surface area contributed by atoms with Crippen LogP contribution in [0.4, 0.5) is 4.79 Å². The van der Waals surface area contributed by atoms with E-state index in [1.165, 1.54) is 0 Å². The molecule has 0 saturated heterocycles. The average molecular weight is 397 g/mol. The number of carbonyl (C=O) groups is 2. The van der Waals surface area contributed by atoms with Crippen LogP contribution in [0.3, 0.4) is 0 Å². The Hall–Kier alpha value is -2.82. The molecule has 1 N–H and O–H groups in total. The Bertz CT molecular complexity index is 741. The summed E-state index contributed by atoms with van der Waals surface area (Å²) in [5, 5.41) is 2.87. The minimum atomic E-state index is -0.783. The van der Waals surface area contributed by atoms with Gasteiger partial charge in [-0.3, -0.25) is 4.79 Å². The fourth-order valence-corrected chi connectivity index (χ4v) is 3.35. The topological polar surface area (TPSA) is 58.6 Å². The van der Waals surface area contributed by atoms with Crippen LogP contribution in [-0.2, 0) is 9.53 Å². The molecule has 2 amide bonds. The van der Waals surface area contributed by atoms with Gasteiger partial charge in [0, 0.05) is 19.0 Å². The third kappa shape index (κ3) is 6.34. The van der Waals surface area contributed by atoms with E-state index >= 15 is 0 Å². The molecule has 0 radical (unpaired) electrons. The van der Waals surface area contributed by atoms with E-state index in [0.29, 0.717) is 13.1 Å². The van der Waals surface area contributed by atoms with Gasteiger partial charge in [-0.15, -0.1) is 0 Å². The summed E-state index contributed by atoms with van der Waals surface area (Å²) in [4.78, 5) is 27.8. The second kappa shape index (κ2) is 10.1. The number of rotatable bonds is 7. The van der Waals surface area contributed by atoms with Crippen LogP contribution in [-0.4, -0.2) is 41.6 Å². The Kier molecular flexibility index (Phi) is 7.82. The quantitative estimate of drug-likeness (QED) is 0.745. The number of amides is 2. The summed E-state index contributed by atoms with van der Waals surface area (Å²) in [5.74, 6) is -0.461. The van der Waals surface area contributed by atoms with E-state index in [4.69, 9.17) is 4.74 Å². The highest BCUT2D eigenvalue weighted by Gasteiger charge is 2.35. The zero-order chi connectivity index (χ0) is 21.4. The normalized spacial score (nSPS) is 12.3. The van der Waals surface area contributed by atoms with Crippen molar-refractivity contribution < 1.29 is 14.3 Å². The zero-order valence-electron chi connectivity index (χ0n) is 18.0. The molecule has 0 unspecified atom stereocenters. The lowest BCUT2D eigenvalue weighted by molar-refractivity contribution is -0.133. The molecule has 0 aromatic heterocycles. The van der Waals surface area contributed by atoms with Crippen molar-refractivity contribution in [3.05, 3.63) is 71.8 Å². The first kappa shape index (κ1) is 22.5. The van der Waals surface area contributed by atoms with Crippen LogP contribution in [0.15, 0.2) is 60.7 Å². The molecule has 2 rings (SSSR count). The zero-order valence-corrected chi connectivity index (χ0v) is 18.0. The third-order valence-electron chi connectivity index (χ3n) is 4.66. The predicted octanol–water partition coefficient (Wildman–Crippen LogP) is 4.58. The summed E-state index contributed by atoms with van der Waals surface area (Å²) in [6, 6.07) is 18.8. The number of likely N-dealkylation sites (N-methyl/N-ethyl adjacent to an activating group) is 1. The summed E-state index contributed by atoms with van der Waals surface area (Å²) in [6.07, 6.45) is -0.597. The third-order valence-corrected chi connectivity index (χ3v) is 4.66. The first-order chi connectivity index (χ1) is 13.8. The predicted molar refractivity (Wildman–Crippen MR) is 116 cm³/mol. The molecule has 0 heterocycles. The van der Waals surface area contributed by atoms with E-state index < -0.39 is 17.7 Å². The SMILES string of the molecule is CCN(CC)C(=O)[C@@H](NC(=O)OC(C)(C)C)C(c1ccccc1)c1ccccc1. The highest BCUT2D eigenvalue weighted by molar-refractivity contribution is 5.87. The molecule has 0 saturated carbocycles. The Balaban J connectivity index is 2.51. The molecular weight excluding hydrogens is 364 g/mol. The van der Waals surface area contributed by atoms with Crippen LogP contribution < -0.4 is 5.32 Å². The van der Waals surface area contributed by atoms with Crippen molar-refractivity contribution in [2.75, 3.05) is 13.1 Å². The maximum absolute atomic E-state index is 13.5. The standard InChI is InChI=1S/C24H32N2O3/c1-6-26(7-2)22(27)21(25-23(28)29-24(3,4)5)20(18-14-10-8-11-15-18)19-16-12-9-13-17-19/h8-17,20-21H,6-7H2,1-5H3,(H,25,28)/t21-/m0/s1. The van der Waals surface area contributed by atoms with E-state index in [1.807, 2.05) is 74.5 Å². The number of ether oxygens (including phenoxy) is 1. The van der Waals surface area contributed by atoms with Gasteiger partial charge in [-0.1, -0.05) is 60.7 Å². The van der Waals surface area contributed by atoms with Crippen LogP contribution in [0.5, 0.6) is 0 Å². The Morgan fingerprint density at radius 2 is 1.34 bits per heavy atom. The molecule has 0 spiro atoms. The van der Waals surface area contributed by atoms with Gasteiger partial charge in [0.05, 0.1) is 0 Å². The molecule has 5 nitrogen and oxygen atoms in total. The Labute approximate surface area is 174 Å². The number of hydrogen-bond donors (Lipinski definition) is 1. The van der Waals surface area contributed by atoms with Crippen molar-refractivity contribution in [1.29, 1.82) is 0 Å². The highest BCUT2D eigenvalue weighted by Crippen LogP contribution is 2.29. The average Bonchev–Trinajstić information content (AvgIpc) is 2.68. The molecule has 29 heavy (non-hydrogen) atoms. The van der Waals surface area contributed by atoms with Gasteiger partial charge >= 0.3 is 6.09 Å². The van der Waals surface area contributed by atoms with Gasteiger partial charge in [-0.05, 0) is 45.7 Å². The molecule has 2 aromatic carbocycles. The van der Waals surface area contributed by atoms with Crippen molar-refractivity contribution in [2.24, 2.45) is 0 Å². The molecular formula is C24H32N2O3. The molecule has 1 atom stereocenters. The molecule has 0 bridgehead atoms. The number of nitrogens with zero attached hydrogens (tertiary/aromatic N) is 1. The molecule has 0 aliphatic heterocycles. The van der Waals surface area contributed by atoms with Gasteiger partial charge in [0.2, 0.25) is 5.91 Å². The summed E-state index contributed by atoms with van der Waals surface area (Å²) < 4.78 is 5.47. The monoisotopic (exact) mass is 396 g/mol. The van der Waals surface area contributed by atoms with Gasteiger partial charge in [-0.25, -0.2) is 4.79 Å². The van der Waals surface area contributed by atoms with E-state index in [-0.39, 0.29) is 11.8 Å². The molecule has 0 aliphatic rings. The van der Waals surface area contributed by atoms with Gasteiger partial charge in [0.1, 0.15) is 11.6 Å². The number of carbonyl (C=O) groups excluding carboxylic acids is 2. The van der Waals surface area contributed by atoms with Gasteiger partial charge < -0.3 is 15.0 Å². The summed E-state index contributed by atoms with van der Waals surface area (Å²) in [7, 11) is 0. The van der Waals surface area contributed by atoms with E-state index in [0.717, 1.165) is 11.1 Å². The van der Waals surface area contributed by atoms with Crippen LogP contribution in [0.1, 0.15) is 51.7 Å². The van der Waals surface area contributed by atoms with Crippen molar-refractivity contribution >= 4 is 12.0 Å². The fourth-order valence-electron chi connectivity index (χ4n) is 3.35. The lowest BCUT2D eigenvalue weighted by Gasteiger charge is -2.33. The van der Waals surface area contributed by atoms with Crippen molar-refractivity contribution in [3.8, 4) is 0 Å². The maximum atomic E-state index is 13.5. The van der Waals surface area contributed by atoms with Gasteiger partial charge in [0.15, 0.2) is 0 Å². The summed E-state index contributed by atoms with van der Waals surface area (Å²) in [6.45, 7) is 10.4. The maximum Gasteiger partial charge on any atom is 0.408 e. The number of hydrogen-bond acceptors (Lipinski definition) is 3. The van der Waals surface area contributed by atoms with Crippen molar-refractivity contribution in [1.82, 2.24) is 10.2 Å². The van der Waals surface area contributed by atoms with Crippen LogP contribution in [0.2, 0.25) is 0 Å². The minimum Gasteiger partial charge on any atom is -0.444 e. The largest absolute Gasteiger partial charge is 0.444 e. The number of alkyl carbamates (subject to hydrolysis) is 1. The first-order valence-electron chi connectivity index (χ1n) is 10.1. The molecule has 0 aliphatic carbocycles. The van der Waals surface area contributed by atoms with Gasteiger partial charge in [-0.2, -0.15) is 0 Å². The molecule has 2 aromatic rings. The molecule has 5 heteroatoms. The summed E-state index contributed by atoms with van der Waals surface area (Å²) in [5.41, 5.74) is 1.27. The number of nitrogens with one attached hydrogen (secondary N) is 1. The fraction of sp³-hybridized carbons (Fsp3) is 0.417. The van der Waals surface area contributed by atoms with Crippen molar-refractivity contribution in [3.63, 3.8) is 0 Å². The second-order valence-corrected chi connectivity index (χ2v) is 7.93. The van der Waals surface area contributed by atoms with Gasteiger partial charge in [0.25, 0.3) is 0 Å². The first-order valence-corrected chi connectivity index (χ1v) is 10.1. The summed E-state index contributed by atoms with van der Waals surface area (Å²) >= 11 is 0. The molecule has 0 fully saturated rings. The van der Waals surface area contributed by atoms with Crippen LogP contribution in [0.25, 0.3) is 0 Å². The van der Waals surface area contributed by atoms with Crippen LogP contribution in [0, 0.1) is 0 Å². The Morgan fingerprint density at radius 3 is 1.72 bits per heavy atom. The molecule has 156 valence electrons.